The zero-order valence-corrected chi connectivity index (χ0v) is 17.1. The molecule has 0 aliphatic heterocycles. The van der Waals surface area contributed by atoms with Gasteiger partial charge in [0.1, 0.15) is 5.60 Å². The predicted octanol–water partition coefficient (Wildman–Crippen LogP) is 4.64. The summed E-state index contributed by atoms with van der Waals surface area (Å²) in [5, 5.41) is 7.52. The topological polar surface area (TPSA) is 51.5 Å². The lowest BCUT2D eigenvalue weighted by Crippen LogP contribution is -2.38. The molecule has 1 unspecified atom stereocenters. The van der Waals surface area contributed by atoms with Crippen LogP contribution in [0, 0.1) is 12.8 Å². The predicted molar refractivity (Wildman–Crippen MR) is 103 cm³/mol. The van der Waals surface area contributed by atoms with Crippen LogP contribution >= 0.6 is 0 Å². The largest absolute Gasteiger partial charge is 0.391 e. The van der Waals surface area contributed by atoms with Gasteiger partial charge in [-0.05, 0) is 46.7 Å². The van der Waals surface area contributed by atoms with E-state index in [1.807, 2.05) is 37.5 Å². The lowest BCUT2D eigenvalue weighted by Gasteiger charge is -2.30. The molecule has 2 aromatic rings. The highest BCUT2D eigenvalue weighted by Crippen LogP contribution is 2.37. The molecule has 0 amide bonds. The van der Waals surface area contributed by atoms with Crippen molar-refractivity contribution in [2.75, 3.05) is 20.2 Å². The van der Waals surface area contributed by atoms with E-state index < -0.39 is 17.7 Å². The molecule has 0 aromatic carbocycles. The number of alkyl halides is 3. The van der Waals surface area contributed by atoms with Gasteiger partial charge in [-0.25, -0.2) is 9.50 Å². The maximum absolute atomic E-state index is 11.9. The van der Waals surface area contributed by atoms with E-state index in [1.54, 1.807) is 6.20 Å². The molecule has 1 atom stereocenters. The second-order valence-electron chi connectivity index (χ2n) is 7.45. The first kappa shape index (κ1) is 22.6. The van der Waals surface area contributed by atoms with E-state index in [0.717, 1.165) is 42.8 Å². The maximum atomic E-state index is 11.9. The van der Waals surface area contributed by atoms with Crippen molar-refractivity contribution in [1.82, 2.24) is 19.9 Å². The number of nitrogens with zero attached hydrogens (tertiary/aromatic N) is 3. The molecule has 28 heavy (non-hydrogen) atoms. The van der Waals surface area contributed by atoms with Crippen LogP contribution in [-0.4, -0.2) is 41.0 Å². The van der Waals surface area contributed by atoms with Gasteiger partial charge in [-0.3, -0.25) is 0 Å². The summed E-state index contributed by atoms with van der Waals surface area (Å²) in [5.74, 6) is -0.999. The molecule has 158 valence electrons. The average Bonchev–Trinajstić information content (AvgIpc) is 3.10. The van der Waals surface area contributed by atoms with Crippen molar-refractivity contribution < 1.29 is 17.9 Å². The summed E-state index contributed by atoms with van der Waals surface area (Å²) in [6, 6.07) is 3.94. The number of hydrogen-bond donors (Lipinski definition) is 1. The monoisotopic (exact) mass is 400 g/mol. The molecule has 1 saturated carbocycles. The van der Waals surface area contributed by atoms with Crippen LogP contribution < -0.4 is 5.32 Å². The molecule has 3 rings (SSSR count). The number of rotatable bonds is 5. The van der Waals surface area contributed by atoms with Crippen LogP contribution in [0.25, 0.3) is 5.65 Å². The van der Waals surface area contributed by atoms with Crippen molar-refractivity contribution in [2.24, 2.45) is 5.92 Å². The van der Waals surface area contributed by atoms with Gasteiger partial charge in [-0.2, -0.15) is 18.3 Å². The van der Waals surface area contributed by atoms with Crippen molar-refractivity contribution in [1.29, 1.82) is 0 Å². The molecule has 1 aliphatic carbocycles. The molecular formula is C20H31F3N4O. The first-order valence-electron chi connectivity index (χ1n) is 9.88. The van der Waals surface area contributed by atoms with Crippen LogP contribution in [0.5, 0.6) is 0 Å². The summed E-state index contributed by atoms with van der Waals surface area (Å²) in [6.07, 6.45) is 1.02. The molecule has 8 heteroatoms. The molecule has 2 heterocycles. The first-order chi connectivity index (χ1) is 13.2. The lowest BCUT2D eigenvalue weighted by molar-refractivity contribution is -0.181. The average molecular weight is 400 g/mol. The van der Waals surface area contributed by atoms with Crippen LogP contribution in [-0.2, 0) is 10.3 Å². The molecule has 2 aromatic heterocycles. The Morgan fingerprint density at radius 1 is 1.25 bits per heavy atom. The van der Waals surface area contributed by atoms with E-state index in [-0.39, 0.29) is 0 Å². The molecule has 1 fully saturated rings. The van der Waals surface area contributed by atoms with Gasteiger partial charge in [-0.15, -0.1) is 0 Å². The van der Waals surface area contributed by atoms with Crippen LogP contribution in [0.1, 0.15) is 57.3 Å². The van der Waals surface area contributed by atoms with Crippen LogP contribution in [0.2, 0.25) is 0 Å². The zero-order chi connectivity index (χ0) is 20.8. The van der Waals surface area contributed by atoms with Gasteiger partial charge in [0, 0.05) is 24.9 Å². The number of aryl methyl sites for hydroxylation is 1. The fourth-order valence-electron chi connectivity index (χ4n) is 3.72. The minimum Gasteiger partial charge on any atom is -0.368 e. The molecule has 0 saturated heterocycles. The Labute approximate surface area is 164 Å². The van der Waals surface area contributed by atoms with Gasteiger partial charge in [0.2, 0.25) is 0 Å². The second kappa shape index (κ2) is 9.69. The van der Waals surface area contributed by atoms with Crippen molar-refractivity contribution in [3.05, 3.63) is 29.7 Å². The number of hydrogen-bond acceptors (Lipinski definition) is 4. The third-order valence-corrected chi connectivity index (χ3v) is 5.07. The Morgan fingerprint density at radius 2 is 1.93 bits per heavy atom. The normalized spacial score (nSPS) is 17.8. The highest BCUT2D eigenvalue weighted by Gasteiger charge is 2.39. The zero-order valence-electron chi connectivity index (χ0n) is 17.1. The van der Waals surface area contributed by atoms with Crippen LogP contribution in [0.3, 0.4) is 0 Å². The summed E-state index contributed by atoms with van der Waals surface area (Å²) in [7, 11) is 1.92. The van der Waals surface area contributed by atoms with E-state index in [4.69, 9.17) is 4.74 Å². The van der Waals surface area contributed by atoms with Crippen molar-refractivity contribution in [3.8, 4) is 0 Å². The summed E-state index contributed by atoms with van der Waals surface area (Å²) in [6.45, 7) is 7.44. The summed E-state index contributed by atoms with van der Waals surface area (Å²) >= 11 is 0. The van der Waals surface area contributed by atoms with E-state index in [1.165, 1.54) is 0 Å². The molecule has 0 spiro atoms. The Kier molecular flexibility index (Phi) is 7.83. The Bertz CT molecular complexity index is 733. The molecule has 1 N–H and O–H groups in total. The SMILES string of the molecule is CCOC(C)(CNC)c1cc(C)nc2ccnn12.FC(F)(F)C1CCCCC1. The summed E-state index contributed by atoms with van der Waals surface area (Å²) in [4.78, 5) is 4.45. The third-order valence-electron chi connectivity index (χ3n) is 5.07. The summed E-state index contributed by atoms with van der Waals surface area (Å²) in [5.41, 5.74) is 2.43. The smallest absolute Gasteiger partial charge is 0.368 e. The van der Waals surface area contributed by atoms with Gasteiger partial charge in [0.05, 0.1) is 17.8 Å². The summed E-state index contributed by atoms with van der Waals surface area (Å²) < 4.78 is 43.6. The standard InChI is InChI=1S/C13H20N4O.C7H11F3/c1-5-18-13(3,9-14-4)11-8-10(2)16-12-6-7-15-17(11)12;8-7(9,10)6-4-2-1-3-5-6/h6-8,14H,5,9H2,1-4H3;6H,1-5H2. The fourth-order valence-corrected chi connectivity index (χ4v) is 3.72. The second-order valence-corrected chi connectivity index (χ2v) is 7.45. The van der Waals surface area contributed by atoms with Gasteiger partial charge >= 0.3 is 6.18 Å². The van der Waals surface area contributed by atoms with Gasteiger partial charge in [-0.1, -0.05) is 19.3 Å². The fraction of sp³-hybridized carbons (Fsp3) is 0.700. The molecule has 0 radical (unpaired) electrons. The number of nitrogens with one attached hydrogen (secondary N) is 1. The number of ether oxygens (including phenoxy) is 1. The molecule has 5 nitrogen and oxygen atoms in total. The Morgan fingerprint density at radius 3 is 2.46 bits per heavy atom. The highest BCUT2D eigenvalue weighted by molar-refractivity contribution is 5.40. The third kappa shape index (κ3) is 5.67. The minimum atomic E-state index is -3.93. The molecule has 0 bridgehead atoms. The lowest BCUT2D eigenvalue weighted by atomic mass is 9.89. The van der Waals surface area contributed by atoms with Crippen molar-refractivity contribution in [2.45, 2.75) is 64.7 Å². The van der Waals surface area contributed by atoms with Crippen LogP contribution in [0.4, 0.5) is 13.2 Å². The number of likely N-dealkylation sites (N-methyl/N-ethyl adjacent to an activating group) is 1. The highest BCUT2D eigenvalue weighted by atomic mass is 19.4. The van der Waals surface area contributed by atoms with Crippen molar-refractivity contribution in [3.63, 3.8) is 0 Å². The van der Waals surface area contributed by atoms with Crippen LogP contribution in [0.15, 0.2) is 18.3 Å². The van der Waals surface area contributed by atoms with Gasteiger partial charge in [0.15, 0.2) is 5.65 Å². The quantitative estimate of drug-likeness (QED) is 0.795. The Balaban J connectivity index is 0.000000237. The number of halogens is 3. The van der Waals surface area contributed by atoms with E-state index in [0.29, 0.717) is 19.4 Å². The van der Waals surface area contributed by atoms with Gasteiger partial charge in [0.25, 0.3) is 0 Å². The van der Waals surface area contributed by atoms with Crippen molar-refractivity contribution >= 4 is 5.65 Å². The van der Waals surface area contributed by atoms with E-state index in [2.05, 4.69) is 22.3 Å². The van der Waals surface area contributed by atoms with E-state index in [9.17, 15) is 13.2 Å². The Hall–Kier alpha value is -1.67. The molecule has 1 aliphatic rings. The minimum absolute atomic E-state index is 0.351. The maximum Gasteiger partial charge on any atom is 0.391 e. The number of aromatic nitrogens is 3. The van der Waals surface area contributed by atoms with E-state index >= 15 is 0 Å². The first-order valence-corrected chi connectivity index (χ1v) is 9.88. The van der Waals surface area contributed by atoms with Gasteiger partial charge < -0.3 is 10.1 Å². The number of fused-ring (bicyclic) bond motifs is 1. The molecular weight excluding hydrogens is 369 g/mol.